The summed E-state index contributed by atoms with van der Waals surface area (Å²) in [5, 5.41) is 6.97. The number of thioether (sulfide) groups is 1. The summed E-state index contributed by atoms with van der Waals surface area (Å²) in [4.78, 5) is 6.85. The van der Waals surface area contributed by atoms with E-state index in [4.69, 9.17) is 4.74 Å². The van der Waals surface area contributed by atoms with E-state index in [9.17, 15) is 0 Å². The molecule has 0 amide bonds. The van der Waals surface area contributed by atoms with Crippen molar-refractivity contribution < 1.29 is 4.74 Å². The van der Waals surface area contributed by atoms with Crippen LogP contribution >= 0.6 is 35.7 Å². The lowest BCUT2D eigenvalue weighted by atomic mass is 9.96. The molecule has 0 spiro atoms. The minimum Gasteiger partial charge on any atom is -0.373 e. The van der Waals surface area contributed by atoms with Crippen LogP contribution in [0.4, 0.5) is 5.69 Å². The number of nitrogens with one attached hydrogen (secondary N) is 2. The number of nitrogens with zero attached hydrogens (tertiary/aromatic N) is 2. The maximum Gasteiger partial charge on any atom is 0.191 e. The summed E-state index contributed by atoms with van der Waals surface area (Å²) in [5.74, 6) is 3.34. The summed E-state index contributed by atoms with van der Waals surface area (Å²) in [7, 11) is 1.83. The van der Waals surface area contributed by atoms with Crippen LogP contribution in [0.1, 0.15) is 24.8 Å². The zero-order valence-electron chi connectivity index (χ0n) is 15.3. The zero-order chi connectivity index (χ0) is 17.1. The molecule has 0 radical (unpaired) electrons. The van der Waals surface area contributed by atoms with E-state index in [-0.39, 0.29) is 24.0 Å². The highest BCUT2D eigenvalue weighted by Gasteiger charge is 2.41. The molecule has 0 aromatic heterocycles. The number of halogens is 1. The average Bonchev–Trinajstić information content (AvgIpc) is 3.29. The van der Waals surface area contributed by atoms with E-state index in [2.05, 4.69) is 44.8 Å². The first-order valence-electron chi connectivity index (χ1n) is 9.36. The molecule has 3 fully saturated rings. The van der Waals surface area contributed by atoms with E-state index in [1.54, 1.807) is 0 Å². The van der Waals surface area contributed by atoms with Gasteiger partial charge in [-0.1, -0.05) is 12.1 Å². The van der Waals surface area contributed by atoms with Crippen LogP contribution in [0.15, 0.2) is 29.3 Å². The molecule has 3 atom stereocenters. The predicted molar refractivity (Wildman–Crippen MR) is 121 cm³/mol. The van der Waals surface area contributed by atoms with Crippen molar-refractivity contribution in [1.82, 2.24) is 10.6 Å². The van der Waals surface area contributed by atoms with Crippen molar-refractivity contribution in [1.29, 1.82) is 0 Å². The van der Waals surface area contributed by atoms with Gasteiger partial charge in [-0.3, -0.25) is 4.99 Å². The molecule has 5 nitrogen and oxygen atoms in total. The number of benzene rings is 1. The van der Waals surface area contributed by atoms with Gasteiger partial charge in [0.05, 0.1) is 18.2 Å². The van der Waals surface area contributed by atoms with Gasteiger partial charge < -0.3 is 20.3 Å². The second-order valence-electron chi connectivity index (χ2n) is 7.05. The van der Waals surface area contributed by atoms with Gasteiger partial charge in [0.2, 0.25) is 0 Å². The van der Waals surface area contributed by atoms with Crippen LogP contribution < -0.4 is 15.5 Å². The molecule has 4 rings (SSSR count). The molecule has 1 aromatic rings. The molecule has 3 unspecified atom stereocenters. The zero-order valence-corrected chi connectivity index (χ0v) is 18.5. The van der Waals surface area contributed by atoms with E-state index >= 15 is 0 Å². The third kappa shape index (κ3) is 4.78. The Morgan fingerprint density at radius 1 is 1.23 bits per heavy atom. The van der Waals surface area contributed by atoms with Gasteiger partial charge in [0, 0.05) is 43.9 Å². The van der Waals surface area contributed by atoms with Crippen molar-refractivity contribution in [2.75, 3.05) is 36.5 Å². The molecule has 2 N–H and O–H groups in total. The van der Waals surface area contributed by atoms with Crippen molar-refractivity contribution in [3.63, 3.8) is 0 Å². The van der Waals surface area contributed by atoms with Crippen molar-refractivity contribution in [3.8, 4) is 0 Å². The lowest BCUT2D eigenvalue weighted by molar-refractivity contribution is 0.0992. The van der Waals surface area contributed by atoms with Gasteiger partial charge in [-0.25, -0.2) is 0 Å². The Morgan fingerprint density at radius 2 is 2.00 bits per heavy atom. The van der Waals surface area contributed by atoms with Crippen LogP contribution in [0.25, 0.3) is 0 Å². The first kappa shape index (κ1) is 20.1. The molecule has 3 saturated heterocycles. The van der Waals surface area contributed by atoms with E-state index in [0.717, 1.165) is 32.0 Å². The first-order valence-corrected chi connectivity index (χ1v) is 10.5. The van der Waals surface area contributed by atoms with Gasteiger partial charge in [0.25, 0.3) is 0 Å². The van der Waals surface area contributed by atoms with E-state index in [1.807, 2.05) is 18.8 Å². The van der Waals surface area contributed by atoms with Gasteiger partial charge in [-0.05, 0) is 37.0 Å². The average molecular weight is 488 g/mol. The number of guanidine groups is 1. The molecule has 26 heavy (non-hydrogen) atoms. The molecule has 7 heteroatoms. The molecule has 1 aromatic carbocycles. The number of ether oxygens (including phenoxy) is 1. The van der Waals surface area contributed by atoms with Gasteiger partial charge in [0.1, 0.15) is 0 Å². The van der Waals surface area contributed by atoms with Gasteiger partial charge in [-0.15, -0.1) is 24.0 Å². The molecular weight excluding hydrogens is 459 g/mol. The number of aliphatic imine (C=N–C) groups is 1. The van der Waals surface area contributed by atoms with Crippen LogP contribution in [-0.2, 0) is 11.3 Å². The van der Waals surface area contributed by atoms with Crippen molar-refractivity contribution >= 4 is 47.4 Å². The summed E-state index contributed by atoms with van der Waals surface area (Å²) in [6.45, 7) is 3.10. The fourth-order valence-corrected chi connectivity index (χ4v) is 4.90. The largest absolute Gasteiger partial charge is 0.373 e. The standard InChI is InChI=1S/C19H28N4OS.HI/c1-20-19(22-17-12-16-6-7-18(17)24-16)21-13-14-2-4-15(5-3-14)23-8-10-25-11-9-23;/h2-5,16-18H,6-13H2,1H3,(H2,20,21,22);1H. The summed E-state index contributed by atoms with van der Waals surface area (Å²) in [5.41, 5.74) is 2.62. The Morgan fingerprint density at radius 3 is 2.62 bits per heavy atom. The molecule has 0 saturated carbocycles. The molecule has 3 heterocycles. The molecular formula is C19H29IN4OS. The molecule has 3 aliphatic heterocycles. The Balaban J connectivity index is 0.00000196. The van der Waals surface area contributed by atoms with Crippen LogP contribution in [-0.4, -0.2) is 55.9 Å². The number of rotatable bonds is 4. The van der Waals surface area contributed by atoms with Crippen molar-refractivity contribution in [2.45, 2.75) is 44.1 Å². The van der Waals surface area contributed by atoms with E-state index < -0.39 is 0 Å². The Labute approximate surface area is 177 Å². The number of fused-ring (bicyclic) bond motifs is 2. The molecule has 2 bridgehead atoms. The third-order valence-electron chi connectivity index (χ3n) is 5.42. The normalized spacial score (nSPS) is 28.0. The summed E-state index contributed by atoms with van der Waals surface area (Å²) >= 11 is 2.05. The van der Waals surface area contributed by atoms with Gasteiger partial charge in [0.15, 0.2) is 5.96 Å². The Bertz CT molecular complexity index is 606. The fourth-order valence-electron chi connectivity index (χ4n) is 3.99. The van der Waals surface area contributed by atoms with Crippen LogP contribution in [0, 0.1) is 0 Å². The number of anilines is 1. The maximum atomic E-state index is 5.91. The lowest BCUT2D eigenvalue weighted by Gasteiger charge is -2.28. The second-order valence-corrected chi connectivity index (χ2v) is 8.28. The molecule has 0 aliphatic carbocycles. The molecule has 144 valence electrons. The minimum absolute atomic E-state index is 0. The SMILES string of the molecule is CN=C(NCc1ccc(N2CCSCC2)cc1)NC1CC2CCC1O2.I. The van der Waals surface area contributed by atoms with E-state index in [1.165, 1.54) is 35.6 Å². The highest BCUT2D eigenvalue weighted by Crippen LogP contribution is 2.34. The third-order valence-corrected chi connectivity index (χ3v) is 6.37. The van der Waals surface area contributed by atoms with Crippen LogP contribution in [0.5, 0.6) is 0 Å². The smallest absolute Gasteiger partial charge is 0.191 e. The fraction of sp³-hybridized carbons (Fsp3) is 0.632. The predicted octanol–water partition coefficient (Wildman–Crippen LogP) is 2.84. The van der Waals surface area contributed by atoms with E-state index in [0.29, 0.717) is 18.2 Å². The van der Waals surface area contributed by atoms with Crippen molar-refractivity contribution in [3.05, 3.63) is 29.8 Å². The number of hydrogen-bond donors (Lipinski definition) is 2. The van der Waals surface area contributed by atoms with Crippen LogP contribution in [0.3, 0.4) is 0 Å². The van der Waals surface area contributed by atoms with Gasteiger partial charge in [-0.2, -0.15) is 11.8 Å². The first-order chi connectivity index (χ1) is 12.3. The summed E-state index contributed by atoms with van der Waals surface area (Å²) in [6.07, 6.45) is 4.33. The summed E-state index contributed by atoms with van der Waals surface area (Å²) in [6, 6.07) is 9.33. The lowest BCUT2D eigenvalue weighted by Crippen LogP contribution is -2.47. The Hall–Kier alpha value is -0.670. The second kappa shape index (κ2) is 9.50. The summed E-state index contributed by atoms with van der Waals surface area (Å²) < 4.78 is 5.91. The Kier molecular flexibility index (Phi) is 7.34. The minimum atomic E-state index is 0. The van der Waals surface area contributed by atoms with Crippen LogP contribution in [0.2, 0.25) is 0 Å². The topological polar surface area (TPSA) is 48.9 Å². The monoisotopic (exact) mass is 488 g/mol. The molecule has 3 aliphatic rings. The van der Waals surface area contributed by atoms with Crippen molar-refractivity contribution in [2.24, 2.45) is 4.99 Å². The maximum absolute atomic E-state index is 5.91. The van der Waals surface area contributed by atoms with Gasteiger partial charge >= 0.3 is 0 Å². The number of hydrogen-bond acceptors (Lipinski definition) is 4. The highest BCUT2D eigenvalue weighted by molar-refractivity contribution is 14.0. The quantitative estimate of drug-likeness (QED) is 0.388. The highest BCUT2D eigenvalue weighted by atomic mass is 127.